The smallest absolute Gasteiger partial charge is 0.129 e. The highest BCUT2D eigenvalue weighted by Crippen LogP contribution is 2.28. The van der Waals surface area contributed by atoms with Crippen molar-refractivity contribution in [2.24, 2.45) is 0 Å². The highest BCUT2D eigenvalue weighted by Gasteiger charge is 2.06. The summed E-state index contributed by atoms with van der Waals surface area (Å²) in [6.07, 6.45) is 3.36. The maximum atomic E-state index is 5.21. The van der Waals surface area contributed by atoms with Crippen molar-refractivity contribution in [3.8, 4) is 22.8 Å². The lowest BCUT2D eigenvalue weighted by molar-refractivity contribution is 0.394. The minimum Gasteiger partial charge on any atom is -0.497 e. The molecule has 1 N–H and O–H groups in total. The molecule has 2 aromatic rings. The molecular formula is C12H12N2O2S. The monoisotopic (exact) mass is 248 g/mol. The van der Waals surface area contributed by atoms with E-state index in [0.29, 0.717) is 21.8 Å². The quantitative estimate of drug-likeness (QED) is 0.848. The molecule has 0 amide bonds. The van der Waals surface area contributed by atoms with Crippen LogP contribution in [0, 0.1) is 4.64 Å². The Kier molecular flexibility index (Phi) is 3.39. The van der Waals surface area contributed by atoms with E-state index >= 15 is 0 Å². The van der Waals surface area contributed by atoms with E-state index < -0.39 is 0 Å². The zero-order valence-corrected chi connectivity index (χ0v) is 10.4. The minimum absolute atomic E-state index is 0.586. The van der Waals surface area contributed by atoms with Crippen molar-refractivity contribution < 1.29 is 9.47 Å². The van der Waals surface area contributed by atoms with Gasteiger partial charge in [0, 0.05) is 24.0 Å². The third-order valence-corrected chi connectivity index (χ3v) is 2.64. The van der Waals surface area contributed by atoms with Crippen LogP contribution < -0.4 is 9.47 Å². The summed E-state index contributed by atoms with van der Waals surface area (Å²) in [6.45, 7) is 0. The van der Waals surface area contributed by atoms with E-state index in [0.717, 1.165) is 5.56 Å². The van der Waals surface area contributed by atoms with Gasteiger partial charge in [-0.05, 0) is 12.1 Å². The highest BCUT2D eigenvalue weighted by molar-refractivity contribution is 7.71. The molecule has 0 saturated heterocycles. The van der Waals surface area contributed by atoms with Gasteiger partial charge in [-0.25, -0.2) is 0 Å². The van der Waals surface area contributed by atoms with Crippen LogP contribution in [0.1, 0.15) is 0 Å². The molecule has 0 spiro atoms. The first kappa shape index (κ1) is 11.6. The van der Waals surface area contributed by atoms with Crippen LogP contribution in [0.2, 0.25) is 0 Å². The first-order valence-corrected chi connectivity index (χ1v) is 5.42. The summed E-state index contributed by atoms with van der Waals surface area (Å²) < 4.78 is 11.0. The van der Waals surface area contributed by atoms with Crippen molar-refractivity contribution in [2.45, 2.75) is 0 Å². The van der Waals surface area contributed by atoms with Crippen molar-refractivity contribution in [1.29, 1.82) is 0 Å². The predicted octanol–water partition coefficient (Wildman–Crippen LogP) is 2.82. The number of benzene rings is 1. The average Bonchev–Trinajstić information content (AvgIpc) is 2.38. The molecule has 1 aromatic carbocycles. The SMILES string of the molecule is COc1cc(OC)cc(-c2ncc[nH]c2=S)c1. The number of methoxy groups -OCH3 is 2. The van der Waals surface area contributed by atoms with Gasteiger partial charge in [0.25, 0.3) is 0 Å². The Bertz CT molecular complexity index is 558. The second-order valence-corrected chi connectivity index (χ2v) is 3.78. The fraction of sp³-hybridized carbons (Fsp3) is 0.167. The van der Waals surface area contributed by atoms with Crippen molar-refractivity contribution in [3.63, 3.8) is 0 Å². The van der Waals surface area contributed by atoms with Crippen LogP contribution in [0.3, 0.4) is 0 Å². The summed E-state index contributed by atoms with van der Waals surface area (Å²) in [5, 5.41) is 0. The van der Waals surface area contributed by atoms with Gasteiger partial charge in [0.05, 0.1) is 14.2 Å². The second-order valence-electron chi connectivity index (χ2n) is 3.37. The van der Waals surface area contributed by atoms with Gasteiger partial charge in [-0.2, -0.15) is 0 Å². The lowest BCUT2D eigenvalue weighted by atomic mass is 10.1. The zero-order valence-electron chi connectivity index (χ0n) is 9.56. The molecule has 2 rings (SSSR count). The third-order valence-electron chi connectivity index (χ3n) is 2.33. The van der Waals surface area contributed by atoms with E-state index in [4.69, 9.17) is 21.7 Å². The van der Waals surface area contributed by atoms with Crippen molar-refractivity contribution >= 4 is 12.2 Å². The van der Waals surface area contributed by atoms with Gasteiger partial charge >= 0.3 is 0 Å². The topological polar surface area (TPSA) is 47.1 Å². The fourth-order valence-corrected chi connectivity index (χ4v) is 1.74. The fourth-order valence-electron chi connectivity index (χ4n) is 1.50. The molecule has 0 bridgehead atoms. The maximum Gasteiger partial charge on any atom is 0.129 e. The molecule has 0 fully saturated rings. The maximum absolute atomic E-state index is 5.21. The average molecular weight is 248 g/mol. The number of hydrogen-bond donors (Lipinski definition) is 1. The van der Waals surface area contributed by atoms with Crippen LogP contribution in [0.25, 0.3) is 11.3 Å². The number of nitrogens with one attached hydrogen (secondary N) is 1. The lowest BCUT2D eigenvalue weighted by Gasteiger charge is -2.07. The minimum atomic E-state index is 0.586. The number of rotatable bonds is 3. The summed E-state index contributed by atoms with van der Waals surface area (Å²) in [6, 6.07) is 5.54. The summed E-state index contributed by atoms with van der Waals surface area (Å²) in [4.78, 5) is 7.20. The molecule has 0 aliphatic carbocycles. The van der Waals surface area contributed by atoms with Gasteiger partial charge in [-0.15, -0.1) is 0 Å². The third kappa shape index (κ3) is 2.45. The van der Waals surface area contributed by atoms with E-state index in [2.05, 4.69) is 9.97 Å². The van der Waals surface area contributed by atoms with E-state index in [1.807, 2.05) is 12.1 Å². The van der Waals surface area contributed by atoms with Gasteiger partial charge in [0.1, 0.15) is 21.8 Å². The van der Waals surface area contributed by atoms with E-state index in [1.54, 1.807) is 32.7 Å². The molecule has 4 nitrogen and oxygen atoms in total. The van der Waals surface area contributed by atoms with Crippen molar-refractivity contribution in [3.05, 3.63) is 35.2 Å². The van der Waals surface area contributed by atoms with Gasteiger partial charge in [-0.1, -0.05) is 12.2 Å². The van der Waals surface area contributed by atoms with Gasteiger partial charge in [0.2, 0.25) is 0 Å². The van der Waals surface area contributed by atoms with Crippen LogP contribution in [-0.2, 0) is 0 Å². The number of nitrogens with zero attached hydrogens (tertiary/aromatic N) is 1. The molecule has 0 unspecified atom stereocenters. The molecular weight excluding hydrogens is 236 g/mol. The summed E-state index contributed by atoms with van der Waals surface area (Å²) in [5.41, 5.74) is 1.57. The van der Waals surface area contributed by atoms with Gasteiger partial charge < -0.3 is 14.5 Å². The van der Waals surface area contributed by atoms with Crippen LogP contribution in [0.15, 0.2) is 30.6 Å². The number of ether oxygens (including phenoxy) is 2. The summed E-state index contributed by atoms with van der Waals surface area (Å²) in [7, 11) is 3.22. The summed E-state index contributed by atoms with van der Waals surface area (Å²) in [5.74, 6) is 1.42. The number of aromatic amines is 1. The lowest BCUT2D eigenvalue weighted by Crippen LogP contribution is -1.91. The first-order chi connectivity index (χ1) is 8.24. The number of H-pyrrole nitrogens is 1. The van der Waals surface area contributed by atoms with Crippen LogP contribution in [-0.4, -0.2) is 24.2 Å². The molecule has 1 heterocycles. The van der Waals surface area contributed by atoms with Crippen LogP contribution >= 0.6 is 12.2 Å². The van der Waals surface area contributed by atoms with Gasteiger partial charge in [-0.3, -0.25) is 4.98 Å². The molecule has 88 valence electrons. The van der Waals surface area contributed by atoms with Crippen LogP contribution in [0.5, 0.6) is 11.5 Å². The molecule has 0 atom stereocenters. The molecule has 0 aliphatic rings. The molecule has 0 aliphatic heterocycles. The zero-order chi connectivity index (χ0) is 12.3. The Labute approximate surface area is 104 Å². The first-order valence-electron chi connectivity index (χ1n) is 5.01. The largest absolute Gasteiger partial charge is 0.497 e. The normalized spacial score (nSPS) is 10.0. The van der Waals surface area contributed by atoms with E-state index in [1.165, 1.54) is 0 Å². The van der Waals surface area contributed by atoms with Crippen LogP contribution in [0.4, 0.5) is 0 Å². The summed E-state index contributed by atoms with van der Waals surface area (Å²) >= 11 is 5.19. The number of hydrogen-bond acceptors (Lipinski definition) is 4. The standard InChI is InChI=1S/C12H12N2O2S/c1-15-9-5-8(6-10(7-9)16-2)11-12(17)14-4-3-13-11/h3-7H,1-2H3,(H,14,17). The predicted molar refractivity (Wildman–Crippen MR) is 68.0 cm³/mol. The van der Waals surface area contributed by atoms with E-state index in [-0.39, 0.29) is 0 Å². The Hall–Kier alpha value is -1.88. The van der Waals surface area contributed by atoms with Crippen molar-refractivity contribution in [2.75, 3.05) is 14.2 Å². The molecule has 5 heteroatoms. The molecule has 0 radical (unpaired) electrons. The van der Waals surface area contributed by atoms with Gasteiger partial charge in [0.15, 0.2) is 0 Å². The molecule has 1 aromatic heterocycles. The number of aromatic nitrogens is 2. The Morgan fingerprint density at radius 1 is 1.12 bits per heavy atom. The molecule has 0 saturated carbocycles. The Morgan fingerprint density at radius 2 is 1.76 bits per heavy atom. The molecule has 17 heavy (non-hydrogen) atoms. The second kappa shape index (κ2) is 4.97. The van der Waals surface area contributed by atoms with Crippen molar-refractivity contribution in [1.82, 2.24) is 9.97 Å². The highest BCUT2D eigenvalue weighted by atomic mass is 32.1. The Morgan fingerprint density at radius 3 is 2.29 bits per heavy atom. The Balaban J connectivity index is 2.59. The van der Waals surface area contributed by atoms with E-state index in [9.17, 15) is 0 Å².